The molecule has 39 heavy (non-hydrogen) atoms. The zero-order valence-corrected chi connectivity index (χ0v) is 22.8. The number of anilines is 2. The number of aromatic nitrogens is 3. The molecule has 8 nitrogen and oxygen atoms in total. The number of nitrogens with zero attached hydrogens (tertiary/aromatic N) is 5. The van der Waals surface area contributed by atoms with E-state index in [2.05, 4.69) is 30.1 Å². The lowest BCUT2D eigenvalue weighted by Crippen LogP contribution is -2.51. The van der Waals surface area contributed by atoms with Gasteiger partial charge in [0.15, 0.2) is 5.65 Å². The highest BCUT2D eigenvalue weighted by atomic mass is 19.3. The molecule has 0 spiro atoms. The van der Waals surface area contributed by atoms with Crippen LogP contribution in [0.15, 0.2) is 24.3 Å². The summed E-state index contributed by atoms with van der Waals surface area (Å²) in [6, 6.07) is 5.92. The van der Waals surface area contributed by atoms with Crippen LogP contribution in [0.4, 0.5) is 24.7 Å². The third-order valence-electron chi connectivity index (χ3n) is 7.62. The van der Waals surface area contributed by atoms with Gasteiger partial charge in [-0.1, -0.05) is 18.2 Å². The number of halogens is 3. The van der Waals surface area contributed by atoms with Gasteiger partial charge in [0.2, 0.25) is 5.88 Å². The third-order valence-corrected chi connectivity index (χ3v) is 7.62. The summed E-state index contributed by atoms with van der Waals surface area (Å²) in [6.45, 7) is 9.26. The first-order chi connectivity index (χ1) is 18.7. The molecule has 0 saturated carbocycles. The second-order valence-electron chi connectivity index (χ2n) is 10.3. The van der Waals surface area contributed by atoms with Crippen LogP contribution in [0.2, 0.25) is 0 Å². The summed E-state index contributed by atoms with van der Waals surface area (Å²) in [5.41, 5.74) is 0.766. The predicted molar refractivity (Wildman–Crippen MR) is 144 cm³/mol. The SMILES string of the molecule is COc1nc2nc(C)nc(N[C@H](C)c3cccc(C(C)(F)F)c3F)c2cc1N1CCN(C2CCOCC2)CC1. The molecule has 0 unspecified atom stereocenters. The van der Waals surface area contributed by atoms with Gasteiger partial charge >= 0.3 is 0 Å². The van der Waals surface area contributed by atoms with Crippen molar-refractivity contribution in [2.75, 3.05) is 56.7 Å². The molecule has 1 atom stereocenters. The molecule has 2 fully saturated rings. The largest absolute Gasteiger partial charge is 0.479 e. The number of piperazine rings is 1. The van der Waals surface area contributed by atoms with Gasteiger partial charge in [-0.2, -0.15) is 4.98 Å². The number of pyridine rings is 1. The number of rotatable bonds is 7. The number of fused-ring (bicyclic) bond motifs is 1. The van der Waals surface area contributed by atoms with Crippen LogP contribution in [0.1, 0.15) is 49.7 Å². The lowest BCUT2D eigenvalue weighted by Gasteiger charge is -2.41. The van der Waals surface area contributed by atoms with Crippen LogP contribution in [0, 0.1) is 12.7 Å². The fourth-order valence-electron chi connectivity index (χ4n) is 5.51. The molecule has 2 aliphatic rings. The molecule has 1 N–H and O–H groups in total. The summed E-state index contributed by atoms with van der Waals surface area (Å²) in [6.07, 6.45) is 2.12. The Hall–Kier alpha value is -3.18. The van der Waals surface area contributed by atoms with Crippen molar-refractivity contribution >= 4 is 22.5 Å². The van der Waals surface area contributed by atoms with Gasteiger partial charge in [0.05, 0.1) is 24.1 Å². The van der Waals surface area contributed by atoms with Crippen molar-refractivity contribution < 1.29 is 22.6 Å². The van der Waals surface area contributed by atoms with Crippen LogP contribution in [-0.2, 0) is 10.7 Å². The predicted octanol–water partition coefficient (Wildman–Crippen LogP) is 5.07. The Labute approximate surface area is 226 Å². The Morgan fingerprint density at radius 3 is 2.49 bits per heavy atom. The van der Waals surface area contributed by atoms with Gasteiger partial charge < -0.3 is 19.7 Å². The van der Waals surface area contributed by atoms with Crippen molar-refractivity contribution in [3.63, 3.8) is 0 Å². The Kier molecular flexibility index (Phi) is 7.82. The molecule has 5 rings (SSSR count). The monoisotopic (exact) mass is 544 g/mol. The highest BCUT2D eigenvalue weighted by Gasteiger charge is 2.31. The molecule has 0 radical (unpaired) electrons. The van der Waals surface area contributed by atoms with Gasteiger partial charge in [-0.15, -0.1) is 0 Å². The Morgan fingerprint density at radius 1 is 1.10 bits per heavy atom. The van der Waals surface area contributed by atoms with Gasteiger partial charge in [-0.25, -0.2) is 23.1 Å². The lowest BCUT2D eigenvalue weighted by atomic mass is 10.0. The molecule has 0 aliphatic carbocycles. The Balaban J connectivity index is 1.44. The highest BCUT2D eigenvalue weighted by Crippen LogP contribution is 2.36. The molecule has 3 aromatic rings. The number of aryl methyl sites for hydroxylation is 1. The van der Waals surface area contributed by atoms with Gasteiger partial charge in [0, 0.05) is 57.9 Å². The Morgan fingerprint density at radius 2 is 1.82 bits per heavy atom. The van der Waals surface area contributed by atoms with Crippen molar-refractivity contribution in [3.05, 3.63) is 47.0 Å². The molecule has 4 heterocycles. The van der Waals surface area contributed by atoms with E-state index in [0.717, 1.165) is 64.0 Å². The van der Waals surface area contributed by atoms with E-state index < -0.39 is 23.3 Å². The molecule has 1 aromatic carbocycles. The first-order valence-corrected chi connectivity index (χ1v) is 13.4. The fourth-order valence-corrected chi connectivity index (χ4v) is 5.51. The molecule has 2 aromatic heterocycles. The molecule has 0 amide bonds. The topological polar surface area (TPSA) is 75.6 Å². The van der Waals surface area contributed by atoms with Crippen molar-refractivity contribution in [2.45, 2.75) is 51.6 Å². The number of ether oxygens (including phenoxy) is 2. The minimum absolute atomic E-state index is 0.129. The normalized spacial score (nSPS) is 18.4. The number of hydrogen-bond donors (Lipinski definition) is 1. The second kappa shape index (κ2) is 11.1. The van der Waals surface area contributed by atoms with E-state index in [1.54, 1.807) is 21.0 Å². The van der Waals surface area contributed by atoms with E-state index in [-0.39, 0.29) is 5.56 Å². The summed E-state index contributed by atoms with van der Waals surface area (Å²) in [5, 5.41) is 3.87. The van der Waals surface area contributed by atoms with Crippen LogP contribution >= 0.6 is 0 Å². The maximum atomic E-state index is 15.1. The zero-order chi connectivity index (χ0) is 27.7. The summed E-state index contributed by atoms with van der Waals surface area (Å²) in [5.74, 6) is -2.82. The number of alkyl halides is 2. The molecule has 11 heteroatoms. The minimum atomic E-state index is -3.29. The minimum Gasteiger partial charge on any atom is -0.479 e. The first kappa shape index (κ1) is 27.4. The van der Waals surface area contributed by atoms with Crippen molar-refractivity contribution in [1.29, 1.82) is 0 Å². The van der Waals surface area contributed by atoms with Crippen molar-refractivity contribution in [2.24, 2.45) is 0 Å². The maximum absolute atomic E-state index is 15.1. The van der Waals surface area contributed by atoms with Gasteiger partial charge in [0.1, 0.15) is 23.1 Å². The number of methoxy groups -OCH3 is 1. The molecular formula is C28H35F3N6O2. The molecule has 0 bridgehead atoms. The van der Waals surface area contributed by atoms with Gasteiger partial charge in [-0.3, -0.25) is 4.90 Å². The van der Waals surface area contributed by atoms with E-state index in [4.69, 9.17) is 9.47 Å². The number of hydrogen-bond acceptors (Lipinski definition) is 8. The number of benzene rings is 1. The fraction of sp³-hybridized carbons (Fsp3) is 0.536. The maximum Gasteiger partial charge on any atom is 0.273 e. The molecule has 2 aliphatic heterocycles. The quantitative estimate of drug-likeness (QED) is 0.442. The smallest absolute Gasteiger partial charge is 0.273 e. The van der Waals surface area contributed by atoms with Crippen LogP contribution in [0.3, 0.4) is 0 Å². The standard InChI is InChI=1S/C28H35F3N6O2/c1-17(20-6-5-7-22(24(20)29)28(3,30)31)32-25-21-16-23(27(38-4)35-26(21)34-18(2)33-25)37-12-10-36(11-13-37)19-8-14-39-15-9-19/h5-7,16-17,19H,8-15H2,1-4H3,(H,32,33,34,35)/t17-/m1/s1. The second-order valence-corrected chi connectivity index (χ2v) is 10.3. The average molecular weight is 545 g/mol. The molecular weight excluding hydrogens is 509 g/mol. The summed E-state index contributed by atoms with van der Waals surface area (Å²) < 4.78 is 54.2. The van der Waals surface area contributed by atoms with E-state index in [0.29, 0.717) is 41.5 Å². The summed E-state index contributed by atoms with van der Waals surface area (Å²) in [7, 11) is 1.59. The van der Waals surface area contributed by atoms with E-state index in [1.165, 1.54) is 12.1 Å². The van der Waals surface area contributed by atoms with E-state index in [9.17, 15) is 8.78 Å². The van der Waals surface area contributed by atoms with Crippen LogP contribution < -0.4 is 15.0 Å². The first-order valence-electron chi connectivity index (χ1n) is 13.4. The van der Waals surface area contributed by atoms with Crippen molar-refractivity contribution in [1.82, 2.24) is 19.9 Å². The van der Waals surface area contributed by atoms with Crippen LogP contribution in [0.25, 0.3) is 11.0 Å². The zero-order valence-electron chi connectivity index (χ0n) is 22.8. The summed E-state index contributed by atoms with van der Waals surface area (Å²) >= 11 is 0. The van der Waals surface area contributed by atoms with Gasteiger partial charge in [0.25, 0.3) is 5.92 Å². The van der Waals surface area contributed by atoms with Gasteiger partial charge in [-0.05, 0) is 32.8 Å². The lowest BCUT2D eigenvalue weighted by molar-refractivity contribution is 0.0135. The molecule has 2 saturated heterocycles. The molecule has 210 valence electrons. The number of nitrogens with one attached hydrogen (secondary N) is 1. The van der Waals surface area contributed by atoms with E-state index in [1.807, 2.05) is 6.07 Å². The Bertz CT molecular complexity index is 1320. The van der Waals surface area contributed by atoms with Crippen LogP contribution in [-0.4, -0.2) is 72.4 Å². The highest BCUT2D eigenvalue weighted by molar-refractivity contribution is 5.90. The average Bonchev–Trinajstić information content (AvgIpc) is 2.92. The van der Waals surface area contributed by atoms with Crippen LogP contribution in [0.5, 0.6) is 5.88 Å². The van der Waals surface area contributed by atoms with Crippen molar-refractivity contribution in [3.8, 4) is 5.88 Å². The summed E-state index contributed by atoms with van der Waals surface area (Å²) in [4.78, 5) is 18.5. The third kappa shape index (κ3) is 5.74. The van der Waals surface area contributed by atoms with E-state index >= 15 is 4.39 Å².